The van der Waals surface area contributed by atoms with Crippen molar-refractivity contribution in [3.63, 3.8) is 0 Å². The summed E-state index contributed by atoms with van der Waals surface area (Å²) in [7, 11) is 1.66. The fraction of sp³-hybridized carbons (Fsp3) is 0.517. The van der Waals surface area contributed by atoms with Gasteiger partial charge in [0.15, 0.2) is 0 Å². The van der Waals surface area contributed by atoms with Crippen LogP contribution in [-0.2, 0) is 9.59 Å². The molecular weight excluding hydrogens is 573 g/mol. The number of unbranched alkanes of at least 4 members (excludes halogenated alkanes) is 2. The van der Waals surface area contributed by atoms with Gasteiger partial charge in [0.2, 0.25) is 5.91 Å². The van der Waals surface area contributed by atoms with E-state index in [9.17, 15) is 9.59 Å². The Morgan fingerprint density at radius 3 is 2.55 bits per heavy atom. The molecular formula is C29H42Cl3N5O3. The van der Waals surface area contributed by atoms with Gasteiger partial charge in [-0.3, -0.25) is 14.5 Å². The number of likely N-dealkylation sites (tertiary alicyclic amines) is 1. The number of ketones is 1. The number of carbonyl (C=O) groups excluding carboxylic acids is 2. The molecule has 1 aromatic carbocycles. The van der Waals surface area contributed by atoms with Crippen molar-refractivity contribution in [2.45, 2.75) is 70.8 Å². The van der Waals surface area contributed by atoms with Crippen LogP contribution in [0.2, 0.25) is 0 Å². The summed E-state index contributed by atoms with van der Waals surface area (Å²) < 4.78 is 5.61. The van der Waals surface area contributed by atoms with Gasteiger partial charge < -0.3 is 15.0 Å². The fourth-order valence-corrected chi connectivity index (χ4v) is 4.96. The van der Waals surface area contributed by atoms with Crippen molar-refractivity contribution in [1.82, 2.24) is 25.2 Å². The number of pyridine rings is 1. The molecule has 0 bridgehead atoms. The number of hydrogen-bond acceptors (Lipinski definition) is 6. The van der Waals surface area contributed by atoms with Crippen LogP contribution in [0.1, 0.15) is 76.6 Å². The van der Waals surface area contributed by atoms with E-state index in [1.54, 1.807) is 13.3 Å². The minimum Gasteiger partial charge on any atom is -0.496 e. The average Bonchev–Trinajstić information content (AvgIpc) is 3.42. The second kappa shape index (κ2) is 18.1. The van der Waals surface area contributed by atoms with Crippen LogP contribution < -0.4 is 10.1 Å². The molecule has 1 aliphatic rings. The van der Waals surface area contributed by atoms with E-state index in [1.807, 2.05) is 37.3 Å². The van der Waals surface area contributed by atoms with Crippen molar-refractivity contribution in [1.29, 1.82) is 0 Å². The summed E-state index contributed by atoms with van der Waals surface area (Å²) in [5, 5.41) is 4.18. The van der Waals surface area contributed by atoms with E-state index in [0.717, 1.165) is 85.5 Å². The van der Waals surface area contributed by atoms with Gasteiger partial charge in [-0.25, -0.2) is 9.97 Å². The first-order chi connectivity index (χ1) is 18.1. The molecule has 0 spiro atoms. The van der Waals surface area contributed by atoms with Crippen molar-refractivity contribution < 1.29 is 14.3 Å². The monoisotopic (exact) mass is 613 g/mol. The van der Waals surface area contributed by atoms with Crippen molar-refractivity contribution in [3.05, 3.63) is 42.4 Å². The first-order valence-electron chi connectivity index (χ1n) is 13.6. The van der Waals surface area contributed by atoms with Gasteiger partial charge >= 0.3 is 0 Å². The standard InChI is InChI=1S/C29H39N5O3.3ClH/c1-3-21(35)12-6-4-7-15-24(32-28(36)20-34-16-10-5-11-17-34)29-30-19-26(33-29)25-18-27(37-2)22-13-8-9-14-23(22)31-25;;;/h8-9,13-14,18-19,24H,3-7,10-12,15-17,20H2,1-2H3,(H,30,33)(H,32,36);3*1H/t24-;;;/m0.../s1. The minimum atomic E-state index is -0.227. The van der Waals surface area contributed by atoms with Crippen molar-refractivity contribution in [2.24, 2.45) is 0 Å². The number of para-hydroxylation sites is 1. The highest BCUT2D eigenvalue weighted by atomic mass is 35.5. The SMILES string of the molecule is CCC(=O)CCCCC[C@H](NC(=O)CN1CCCCC1)c1ncc(-c2cc(OC)c3ccccc3n2)[nH]1.Cl.Cl.Cl. The first-order valence-corrected chi connectivity index (χ1v) is 13.6. The van der Waals surface area contributed by atoms with Crippen LogP contribution in [0.3, 0.4) is 0 Å². The number of carbonyl (C=O) groups is 2. The minimum absolute atomic E-state index is 0. The van der Waals surface area contributed by atoms with Gasteiger partial charge in [-0.15, -0.1) is 37.2 Å². The Hall–Kier alpha value is -2.39. The smallest absolute Gasteiger partial charge is 0.234 e. The van der Waals surface area contributed by atoms with Crippen molar-refractivity contribution in [2.75, 3.05) is 26.7 Å². The fourth-order valence-electron chi connectivity index (χ4n) is 4.96. The predicted molar refractivity (Wildman–Crippen MR) is 167 cm³/mol. The maximum absolute atomic E-state index is 13.0. The van der Waals surface area contributed by atoms with Crippen LogP contribution >= 0.6 is 37.2 Å². The number of fused-ring (bicyclic) bond motifs is 1. The van der Waals surface area contributed by atoms with Crippen LogP contribution in [0, 0.1) is 0 Å². The number of Topliss-reactive ketones (excluding diaryl/α,β-unsaturated/α-hetero) is 1. The predicted octanol–water partition coefficient (Wildman–Crippen LogP) is 6.47. The number of benzene rings is 1. The van der Waals surface area contributed by atoms with E-state index >= 15 is 0 Å². The number of aromatic amines is 1. The Bertz CT molecular complexity index is 1200. The van der Waals surface area contributed by atoms with Gasteiger partial charge in [-0.2, -0.15) is 0 Å². The summed E-state index contributed by atoms with van der Waals surface area (Å²) >= 11 is 0. The van der Waals surface area contributed by atoms with Crippen molar-refractivity contribution >= 4 is 59.8 Å². The van der Waals surface area contributed by atoms with Crippen LogP contribution in [0.15, 0.2) is 36.5 Å². The number of nitrogens with one attached hydrogen (secondary N) is 2. The molecule has 40 heavy (non-hydrogen) atoms. The molecule has 1 atom stereocenters. The normalized spacial score (nSPS) is 13.8. The highest BCUT2D eigenvalue weighted by Gasteiger charge is 2.21. The number of piperidine rings is 1. The van der Waals surface area contributed by atoms with Gasteiger partial charge in [0.1, 0.15) is 17.4 Å². The number of imidazole rings is 1. The molecule has 11 heteroatoms. The van der Waals surface area contributed by atoms with E-state index < -0.39 is 0 Å². The third-order valence-corrected chi connectivity index (χ3v) is 7.09. The van der Waals surface area contributed by atoms with E-state index in [2.05, 4.69) is 20.2 Å². The maximum atomic E-state index is 13.0. The van der Waals surface area contributed by atoms with Gasteiger partial charge in [0, 0.05) is 24.3 Å². The lowest BCUT2D eigenvalue weighted by Gasteiger charge is -2.26. The zero-order valence-corrected chi connectivity index (χ0v) is 25.8. The van der Waals surface area contributed by atoms with Crippen LogP contribution in [0.4, 0.5) is 0 Å². The second-order valence-electron chi connectivity index (χ2n) is 9.86. The number of halogens is 3. The molecule has 0 unspecified atom stereocenters. The number of hydrogen-bond donors (Lipinski definition) is 2. The third kappa shape index (κ3) is 9.91. The second-order valence-corrected chi connectivity index (χ2v) is 9.86. The Labute approximate surface area is 255 Å². The zero-order chi connectivity index (χ0) is 26.0. The summed E-state index contributed by atoms with van der Waals surface area (Å²) in [4.78, 5) is 39.7. The molecule has 1 saturated heterocycles. The molecule has 3 heterocycles. The Morgan fingerprint density at radius 2 is 1.82 bits per heavy atom. The highest BCUT2D eigenvalue weighted by Crippen LogP contribution is 2.30. The summed E-state index contributed by atoms with van der Waals surface area (Å²) in [5.41, 5.74) is 2.37. The molecule has 1 fully saturated rings. The number of rotatable bonds is 13. The Kier molecular flexibility index (Phi) is 16.1. The maximum Gasteiger partial charge on any atom is 0.234 e. The topological polar surface area (TPSA) is 100 Å². The lowest BCUT2D eigenvalue weighted by Crippen LogP contribution is -2.41. The largest absolute Gasteiger partial charge is 0.496 e. The van der Waals surface area contributed by atoms with E-state index in [1.165, 1.54) is 6.42 Å². The number of aromatic nitrogens is 3. The quantitative estimate of drug-likeness (QED) is 0.214. The number of methoxy groups -OCH3 is 1. The first kappa shape index (κ1) is 35.6. The molecule has 1 amide bonds. The average molecular weight is 615 g/mol. The van der Waals surface area contributed by atoms with Crippen LogP contribution in [0.5, 0.6) is 5.75 Å². The molecule has 222 valence electrons. The summed E-state index contributed by atoms with van der Waals surface area (Å²) in [6.45, 7) is 4.27. The highest BCUT2D eigenvalue weighted by molar-refractivity contribution is 5.87. The molecule has 4 rings (SSSR count). The summed E-state index contributed by atoms with van der Waals surface area (Å²) in [6.07, 6.45) is 10.0. The Balaban J connectivity index is 0.00000267. The van der Waals surface area contributed by atoms with E-state index in [0.29, 0.717) is 25.2 Å². The van der Waals surface area contributed by atoms with E-state index in [-0.39, 0.29) is 49.2 Å². The van der Waals surface area contributed by atoms with Gasteiger partial charge in [0.25, 0.3) is 0 Å². The van der Waals surface area contributed by atoms with Crippen LogP contribution in [-0.4, -0.2) is 58.3 Å². The van der Waals surface area contributed by atoms with Crippen molar-refractivity contribution in [3.8, 4) is 17.1 Å². The summed E-state index contributed by atoms with van der Waals surface area (Å²) in [6, 6.07) is 9.56. The molecule has 0 aliphatic carbocycles. The molecule has 2 aromatic heterocycles. The Morgan fingerprint density at radius 1 is 1.07 bits per heavy atom. The molecule has 0 saturated carbocycles. The van der Waals surface area contributed by atoms with E-state index in [4.69, 9.17) is 9.72 Å². The molecule has 8 nitrogen and oxygen atoms in total. The van der Waals surface area contributed by atoms with Crippen LogP contribution in [0.25, 0.3) is 22.3 Å². The molecule has 0 radical (unpaired) electrons. The molecule has 3 aromatic rings. The lowest BCUT2D eigenvalue weighted by molar-refractivity contribution is -0.123. The van der Waals surface area contributed by atoms with Gasteiger partial charge in [-0.05, 0) is 50.9 Å². The number of amides is 1. The molecule has 2 N–H and O–H groups in total. The number of H-pyrrole nitrogens is 1. The lowest BCUT2D eigenvalue weighted by atomic mass is 10.0. The van der Waals surface area contributed by atoms with Gasteiger partial charge in [0.05, 0.1) is 42.8 Å². The third-order valence-electron chi connectivity index (χ3n) is 7.09. The summed E-state index contributed by atoms with van der Waals surface area (Å²) in [5.74, 6) is 1.81. The number of nitrogens with zero attached hydrogens (tertiary/aromatic N) is 3. The van der Waals surface area contributed by atoms with Gasteiger partial charge in [-0.1, -0.05) is 38.3 Å². The molecule has 1 aliphatic heterocycles. The number of ether oxygens (including phenoxy) is 1. The zero-order valence-electron chi connectivity index (χ0n) is 23.3.